The summed E-state index contributed by atoms with van der Waals surface area (Å²) >= 11 is 0. The fourth-order valence-corrected chi connectivity index (χ4v) is 6.15. The number of carbonyl (C=O) groups is 2. The number of rotatable bonds is 6. The quantitative estimate of drug-likeness (QED) is 0.143. The first-order chi connectivity index (χ1) is 22.0. The Kier molecular flexibility index (Phi) is 7.02. The molecular formula is C39H24F2O4. The van der Waals surface area contributed by atoms with E-state index in [4.69, 9.17) is 9.47 Å². The normalized spacial score (nSPS) is 12.6. The largest absolute Gasteiger partial charge is 0.423 e. The number of hydrogen-bond acceptors (Lipinski definition) is 4. The third kappa shape index (κ3) is 4.77. The van der Waals surface area contributed by atoms with Crippen LogP contribution in [0.4, 0.5) is 8.78 Å². The predicted octanol–water partition coefficient (Wildman–Crippen LogP) is 8.77. The SMILES string of the molecule is O=C(Oc1ccc(C2(c3ccc(OC(=O)c4ccccc4F)cc3)c3ccccc3-c3ccccc32)cc1)c1ccccc1F. The fourth-order valence-electron chi connectivity index (χ4n) is 6.15. The molecule has 0 heterocycles. The molecule has 0 aromatic heterocycles. The topological polar surface area (TPSA) is 52.6 Å². The maximum atomic E-state index is 14.2. The van der Waals surface area contributed by atoms with Gasteiger partial charge in [-0.1, -0.05) is 97.1 Å². The van der Waals surface area contributed by atoms with E-state index < -0.39 is 29.0 Å². The molecule has 1 aliphatic rings. The Bertz CT molecular complexity index is 1920. The van der Waals surface area contributed by atoms with Gasteiger partial charge in [0.25, 0.3) is 0 Å². The molecule has 6 aromatic rings. The smallest absolute Gasteiger partial charge is 0.346 e. The lowest BCUT2D eigenvalue weighted by Gasteiger charge is -2.34. The fraction of sp³-hybridized carbons (Fsp3) is 0.0256. The average Bonchev–Trinajstić information content (AvgIpc) is 3.37. The van der Waals surface area contributed by atoms with Crippen LogP contribution < -0.4 is 9.47 Å². The van der Waals surface area contributed by atoms with Gasteiger partial charge in [0, 0.05) is 0 Å². The second-order valence-electron chi connectivity index (χ2n) is 10.6. The molecule has 4 nitrogen and oxygen atoms in total. The van der Waals surface area contributed by atoms with Gasteiger partial charge in [-0.3, -0.25) is 0 Å². The molecule has 0 atom stereocenters. The summed E-state index contributed by atoms with van der Waals surface area (Å²) in [6.45, 7) is 0. The Labute approximate surface area is 258 Å². The highest BCUT2D eigenvalue weighted by Crippen LogP contribution is 2.56. The average molecular weight is 595 g/mol. The minimum absolute atomic E-state index is 0.146. The number of esters is 2. The van der Waals surface area contributed by atoms with Gasteiger partial charge in [0.15, 0.2) is 0 Å². The van der Waals surface area contributed by atoms with E-state index in [1.807, 2.05) is 48.5 Å². The molecule has 1 aliphatic carbocycles. The van der Waals surface area contributed by atoms with Crippen molar-refractivity contribution in [2.45, 2.75) is 5.41 Å². The lowest BCUT2D eigenvalue weighted by Crippen LogP contribution is -2.28. The van der Waals surface area contributed by atoms with Crippen LogP contribution in [0.25, 0.3) is 11.1 Å². The van der Waals surface area contributed by atoms with E-state index in [9.17, 15) is 18.4 Å². The summed E-state index contributed by atoms with van der Waals surface area (Å²) in [6.07, 6.45) is 0. The predicted molar refractivity (Wildman–Crippen MR) is 166 cm³/mol. The maximum Gasteiger partial charge on any atom is 0.346 e. The van der Waals surface area contributed by atoms with Crippen LogP contribution in [-0.4, -0.2) is 11.9 Å². The molecule has 6 heteroatoms. The number of halogens is 2. The van der Waals surface area contributed by atoms with E-state index >= 15 is 0 Å². The molecule has 0 fully saturated rings. The number of fused-ring (bicyclic) bond motifs is 3. The Morgan fingerprint density at radius 1 is 0.444 bits per heavy atom. The van der Waals surface area contributed by atoms with Gasteiger partial charge >= 0.3 is 11.9 Å². The van der Waals surface area contributed by atoms with Gasteiger partial charge in [0.2, 0.25) is 0 Å². The molecule has 0 saturated carbocycles. The minimum atomic E-state index is -0.785. The number of hydrogen-bond donors (Lipinski definition) is 0. The molecule has 0 saturated heterocycles. The second kappa shape index (κ2) is 11.3. The molecule has 0 N–H and O–H groups in total. The van der Waals surface area contributed by atoms with Crippen molar-refractivity contribution in [3.63, 3.8) is 0 Å². The summed E-state index contributed by atoms with van der Waals surface area (Å²) in [7, 11) is 0. The van der Waals surface area contributed by atoms with Crippen LogP contribution in [0.5, 0.6) is 11.5 Å². The summed E-state index contributed by atoms with van der Waals surface area (Å²) in [6, 6.07) is 42.1. The zero-order chi connectivity index (χ0) is 31.0. The van der Waals surface area contributed by atoms with Gasteiger partial charge in [-0.05, 0) is 81.9 Å². The summed E-state index contributed by atoms with van der Waals surface area (Å²) in [5.41, 5.74) is 5.02. The van der Waals surface area contributed by atoms with Gasteiger partial charge in [0.05, 0.1) is 16.5 Å². The maximum absolute atomic E-state index is 14.2. The summed E-state index contributed by atoms with van der Waals surface area (Å²) in [4.78, 5) is 25.4. The highest BCUT2D eigenvalue weighted by molar-refractivity contribution is 5.92. The van der Waals surface area contributed by atoms with Crippen LogP contribution in [0.1, 0.15) is 43.0 Å². The van der Waals surface area contributed by atoms with Crippen molar-refractivity contribution in [3.05, 3.63) is 191 Å². The van der Waals surface area contributed by atoms with E-state index in [2.05, 4.69) is 24.3 Å². The molecule has 0 radical (unpaired) electrons. The summed E-state index contributed by atoms with van der Waals surface area (Å²) in [5.74, 6) is -2.32. The van der Waals surface area contributed by atoms with Crippen LogP contribution in [0.3, 0.4) is 0 Å². The number of ether oxygens (including phenoxy) is 2. The summed E-state index contributed by atoms with van der Waals surface area (Å²) < 4.78 is 39.4. The zero-order valence-electron chi connectivity index (χ0n) is 23.7. The van der Waals surface area contributed by atoms with Crippen LogP contribution >= 0.6 is 0 Å². The molecule has 45 heavy (non-hydrogen) atoms. The van der Waals surface area contributed by atoms with Gasteiger partial charge in [-0.25, -0.2) is 18.4 Å². The Morgan fingerprint density at radius 2 is 0.800 bits per heavy atom. The Morgan fingerprint density at radius 3 is 1.20 bits per heavy atom. The van der Waals surface area contributed by atoms with E-state index in [-0.39, 0.29) is 22.6 Å². The lowest BCUT2D eigenvalue weighted by atomic mass is 9.68. The highest BCUT2D eigenvalue weighted by Gasteiger charge is 2.45. The van der Waals surface area contributed by atoms with E-state index in [1.54, 1.807) is 36.4 Å². The highest BCUT2D eigenvalue weighted by atomic mass is 19.1. The lowest BCUT2D eigenvalue weighted by molar-refractivity contribution is 0.0720. The molecule has 0 bridgehead atoms. The molecule has 7 rings (SSSR count). The van der Waals surface area contributed by atoms with Crippen molar-refractivity contribution in [1.82, 2.24) is 0 Å². The second-order valence-corrected chi connectivity index (χ2v) is 10.6. The monoisotopic (exact) mass is 594 g/mol. The van der Waals surface area contributed by atoms with E-state index in [1.165, 1.54) is 36.4 Å². The molecule has 0 unspecified atom stereocenters. The van der Waals surface area contributed by atoms with Crippen molar-refractivity contribution in [2.24, 2.45) is 0 Å². The zero-order valence-corrected chi connectivity index (χ0v) is 23.7. The molecule has 0 spiro atoms. The van der Waals surface area contributed by atoms with Crippen molar-refractivity contribution in [1.29, 1.82) is 0 Å². The van der Waals surface area contributed by atoms with E-state index in [0.717, 1.165) is 33.4 Å². The first kappa shape index (κ1) is 27.9. The number of carbonyl (C=O) groups excluding carboxylic acids is 2. The Hall–Kier alpha value is -5.88. The summed E-state index contributed by atoms with van der Waals surface area (Å²) in [5, 5.41) is 0. The van der Waals surface area contributed by atoms with Crippen LogP contribution in [0.15, 0.2) is 146 Å². The molecular weight excluding hydrogens is 570 g/mol. The van der Waals surface area contributed by atoms with Crippen LogP contribution in [-0.2, 0) is 5.41 Å². The molecule has 0 aliphatic heterocycles. The first-order valence-corrected chi connectivity index (χ1v) is 14.3. The van der Waals surface area contributed by atoms with Crippen LogP contribution in [0.2, 0.25) is 0 Å². The van der Waals surface area contributed by atoms with Crippen molar-refractivity contribution >= 4 is 11.9 Å². The minimum Gasteiger partial charge on any atom is -0.423 e. The van der Waals surface area contributed by atoms with Gasteiger partial charge in [0.1, 0.15) is 23.1 Å². The van der Waals surface area contributed by atoms with Gasteiger partial charge in [-0.2, -0.15) is 0 Å². The standard InChI is InChI=1S/C39H24F2O4/c40-35-15-7-3-11-31(35)37(42)44-27-21-17-25(18-22-27)39(33-13-5-1-9-29(33)30-10-2-6-14-34(30)39)26-19-23-28(24-20-26)45-38(43)32-12-4-8-16-36(32)41/h1-24H. The molecule has 6 aromatic carbocycles. The Balaban J connectivity index is 1.30. The molecule has 0 amide bonds. The third-order valence-electron chi connectivity index (χ3n) is 8.14. The number of benzene rings is 6. The van der Waals surface area contributed by atoms with Crippen LogP contribution in [0, 0.1) is 11.6 Å². The molecule has 218 valence electrons. The first-order valence-electron chi connectivity index (χ1n) is 14.3. The van der Waals surface area contributed by atoms with Gasteiger partial charge < -0.3 is 9.47 Å². The van der Waals surface area contributed by atoms with Crippen molar-refractivity contribution < 1.29 is 27.8 Å². The van der Waals surface area contributed by atoms with E-state index in [0.29, 0.717) is 0 Å². The third-order valence-corrected chi connectivity index (χ3v) is 8.14. The van der Waals surface area contributed by atoms with Crippen molar-refractivity contribution in [2.75, 3.05) is 0 Å². The van der Waals surface area contributed by atoms with Crippen molar-refractivity contribution in [3.8, 4) is 22.6 Å². The van der Waals surface area contributed by atoms with Gasteiger partial charge in [-0.15, -0.1) is 0 Å².